The lowest BCUT2D eigenvalue weighted by Crippen LogP contribution is -2.26. The second-order valence-corrected chi connectivity index (χ2v) is 4.99. The number of fused-ring (bicyclic) bond motifs is 1. The van der Waals surface area contributed by atoms with Gasteiger partial charge < -0.3 is 10.1 Å². The zero-order chi connectivity index (χ0) is 14.5. The van der Waals surface area contributed by atoms with Gasteiger partial charge >= 0.3 is 6.09 Å². The van der Waals surface area contributed by atoms with Crippen LogP contribution in [0.4, 0.5) is 4.79 Å². The first-order valence-electron chi connectivity index (χ1n) is 6.79. The van der Waals surface area contributed by atoms with Crippen LogP contribution in [0.5, 0.6) is 0 Å². The van der Waals surface area contributed by atoms with E-state index in [0.717, 1.165) is 18.4 Å². The second kappa shape index (κ2) is 6.44. The van der Waals surface area contributed by atoms with Gasteiger partial charge in [-0.1, -0.05) is 24.1 Å². The third-order valence-corrected chi connectivity index (χ3v) is 3.72. The molecule has 0 saturated carbocycles. The smallest absolute Gasteiger partial charge is 0.407 e. The molecule has 0 saturated heterocycles. The van der Waals surface area contributed by atoms with Crippen LogP contribution in [0, 0.1) is 12.3 Å². The van der Waals surface area contributed by atoms with Crippen LogP contribution in [0.2, 0.25) is 0 Å². The molecule has 20 heavy (non-hydrogen) atoms. The number of nitrogens with one attached hydrogen (secondary N) is 2. The van der Waals surface area contributed by atoms with Gasteiger partial charge in [-0.15, -0.1) is 6.42 Å². The summed E-state index contributed by atoms with van der Waals surface area (Å²) in [6, 6.07) is 6.57. The molecule has 2 rings (SSSR count). The van der Waals surface area contributed by atoms with Gasteiger partial charge in [0, 0.05) is 6.04 Å². The zero-order valence-electron chi connectivity index (χ0n) is 11.9. The van der Waals surface area contributed by atoms with Crippen LogP contribution in [0.15, 0.2) is 18.2 Å². The average Bonchev–Trinajstić information content (AvgIpc) is 2.87. The second-order valence-electron chi connectivity index (χ2n) is 4.99. The minimum atomic E-state index is -0.417. The van der Waals surface area contributed by atoms with E-state index in [2.05, 4.69) is 39.5 Å². The highest BCUT2D eigenvalue weighted by Crippen LogP contribution is 2.32. The fourth-order valence-corrected chi connectivity index (χ4v) is 2.60. The molecule has 0 unspecified atom stereocenters. The number of alkyl carbamates (subject to hydrolysis) is 1. The molecule has 1 amide bonds. The number of hydrogen-bond donors (Lipinski definition) is 2. The lowest BCUT2D eigenvalue weighted by Gasteiger charge is -2.17. The van der Waals surface area contributed by atoms with Gasteiger partial charge in [-0.25, -0.2) is 4.79 Å². The van der Waals surface area contributed by atoms with Crippen LogP contribution in [-0.4, -0.2) is 19.7 Å². The van der Waals surface area contributed by atoms with Gasteiger partial charge in [-0.3, -0.25) is 5.32 Å². The van der Waals surface area contributed by atoms with Crippen molar-refractivity contribution in [3.8, 4) is 12.3 Å². The molecule has 0 aliphatic heterocycles. The van der Waals surface area contributed by atoms with Crippen LogP contribution in [-0.2, 0) is 11.2 Å². The molecule has 1 aromatic carbocycles. The van der Waals surface area contributed by atoms with Gasteiger partial charge in [0.25, 0.3) is 0 Å². The van der Waals surface area contributed by atoms with E-state index in [1.807, 2.05) is 6.92 Å². The van der Waals surface area contributed by atoms with Crippen molar-refractivity contribution in [2.75, 3.05) is 13.7 Å². The van der Waals surface area contributed by atoms with E-state index < -0.39 is 6.09 Å². The number of aryl methyl sites for hydroxylation is 1. The quantitative estimate of drug-likeness (QED) is 0.827. The number of carbonyl (C=O) groups excluding carboxylic acids is 1. The Balaban J connectivity index is 2.14. The summed E-state index contributed by atoms with van der Waals surface area (Å²) in [5, 5.41) is 6.14. The van der Waals surface area contributed by atoms with Crippen LogP contribution in [0.3, 0.4) is 0 Å². The first-order valence-corrected chi connectivity index (χ1v) is 6.79. The molecular formula is C16H20N2O2. The Hall–Kier alpha value is -1.99. The largest absolute Gasteiger partial charge is 0.453 e. The molecule has 4 nitrogen and oxygen atoms in total. The van der Waals surface area contributed by atoms with E-state index >= 15 is 0 Å². The van der Waals surface area contributed by atoms with E-state index in [4.69, 9.17) is 6.42 Å². The highest BCUT2D eigenvalue weighted by atomic mass is 16.5. The molecule has 0 fully saturated rings. The summed E-state index contributed by atoms with van der Waals surface area (Å²) in [5.41, 5.74) is 3.72. The molecule has 0 heterocycles. The van der Waals surface area contributed by atoms with Crippen LogP contribution in [0.25, 0.3) is 0 Å². The average molecular weight is 272 g/mol. The number of ether oxygens (including phenoxy) is 1. The molecule has 106 valence electrons. The van der Waals surface area contributed by atoms with Gasteiger partial charge in [0.15, 0.2) is 0 Å². The van der Waals surface area contributed by atoms with Gasteiger partial charge in [0.2, 0.25) is 0 Å². The van der Waals surface area contributed by atoms with E-state index in [-0.39, 0.29) is 6.04 Å². The Morgan fingerprint density at radius 3 is 3.10 bits per heavy atom. The molecule has 4 heteroatoms. The number of hydrogen-bond acceptors (Lipinski definition) is 3. The van der Waals surface area contributed by atoms with Crippen molar-refractivity contribution in [2.24, 2.45) is 0 Å². The zero-order valence-corrected chi connectivity index (χ0v) is 11.9. The van der Waals surface area contributed by atoms with E-state index in [0.29, 0.717) is 12.6 Å². The lowest BCUT2D eigenvalue weighted by atomic mass is 10.0. The van der Waals surface area contributed by atoms with E-state index in [1.54, 1.807) is 0 Å². The van der Waals surface area contributed by atoms with Gasteiger partial charge in [0.1, 0.15) is 0 Å². The molecule has 1 aliphatic rings. The number of terminal acetylenes is 1. The van der Waals surface area contributed by atoms with Crippen molar-refractivity contribution in [3.63, 3.8) is 0 Å². The summed E-state index contributed by atoms with van der Waals surface area (Å²) in [6.45, 7) is 2.52. The molecule has 0 radical (unpaired) electrons. The molecule has 2 atom stereocenters. The Labute approximate surface area is 119 Å². The first-order chi connectivity index (χ1) is 9.65. The molecule has 0 aromatic heterocycles. The summed E-state index contributed by atoms with van der Waals surface area (Å²) in [6.07, 6.45) is 7.02. The highest BCUT2D eigenvalue weighted by Gasteiger charge is 2.23. The monoisotopic (exact) mass is 272 g/mol. The first kappa shape index (κ1) is 14.4. The summed E-state index contributed by atoms with van der Waals surface area (Å²) in [4.78, 5) is 11.3. The molecule has 1 aromatic rings. The number of rotatable bonds is 4. The summed E-state index contributed by atoms with van der Waals surface area (Å²) in [7, 11) is 1.37. The van der Waals surface area contributed by atoms with Crippen LogP contribution >= 0.6 is 0 Å². The van der Waals surface area contributed by atoms with E-state index in [9.17, 15) is 4.79 Å². The minimum absolute atomic E-state index is 0.0818. The third-order valence-electron chi connectivity index (χ3n) is 3.72. The van der Waals surface area contributed by atoms with Crippen molar-refractivity contribution in [3.05, 3.63) is 34.9 Å². The van der Waals surface area contributed by atoms with E-state index in [1.165, 1.54) is 18.2 Å². The maximum absolute atomic E-state index is 11.3. The van der Waals surface area contributed by atoms with Crippen molar-refractivity contribution in [1.82, 2.24) is 10.6 Å². The predicted molar refractivity (Wildman–Crippen MR) is 78.3 cm³/mol. The molecule has 1 aliphatic carbocycles. The predicted octanol–water partition coefficient (Wildman–Crippen LogP) is 2.31. The van der Waals surface area contributed by atoms with Crippen molar-refractivity contribution < 1.29 is 9.53 Å². The SMILES string of the molecule is C#CCN[C@@H]1CCc2ccc([C@@H](C)NC(=O)OC)cc21. The third kappa shape index (κ3) is 3.12. The Kier molecular flexibility index (Phi) is 4.65. The van der Waals surface area contributed by atoms with Crippen LogP contribution < -0.4 is 10.6 Å². The van der Waals surface area contributed by atoms with Crippen LogP contribution in [0.1, 0.15) is 42.1 Å². The van der Waals surface area contributed by atoms with Crippen molar-refractivity contribution in [1.29, 1.82) is 0 Å². The fourth-order valence-electron chi connectivity index (χ4n) is 2.60. The van der Waals surface area contributed by atoms with Gasteiger partial charge in [0.05, 0.1) is 19.7 Å². The maximum Gasteiger partial charge on any atom is 0.407 e. The fraction of sp³-hybridized carbons (Fsp3) is 0.438. The van der Waals surface area contributed by atoms with Crippen molar-refractivity contribution in [2.45, 2.75) is 31.8 Å². The molecule has 0 spiro atoms. The van der Waals surface area contributed by atoms with Crippen molar-refractivity contribution >= 4 is 6.09 Å². The lowest BCUT2D eigenvalue weighted by molar-refractivity contribution is 0.167. The summed E-state index contributed by atoms with van der Waals surface area (Å²) >= 11 is 0. The molecule has 0 bridgehead atoms. The Morgan fingerprint density at radius 1 is 1.60 bits per heavy atom. The Bertz CT molecular complexity index is 534. The standard InChI is InChI=1S/C16H20N2O2/c1-4-9-17-15-8-7-12-5-6-13(10-14(12)15)11(2)18-16(19)20-3/h1,5-6,10-11,15,17H,7-9H2,2-3H3,(H,18,19)/t11-,15-/m1/s1. The molecular weight excluding hydrogens is 252 g/mol. The maximum atomic E-state index is 11.3. The molecule has 2 N–H and O–H groups in total. The van der Waals surface area contributed by atoms with Gasteiger partial charge in [-0.05, 0) is 36.5 Å². The topological polar surface area (TPSA) is 50.4 Å². The van der Waals surface area contributed by atoms with Gasteiger partial charge in [-0.2, -0.15) is 0 Å². The summed E-state index contributed by atoms with van der Waals surface area (Å²) in [5.74, 6) is 2.61. The highest BCUT2D eigenvalue weighted by molar-refractivity contribution is 5.67. The Morgan fingerprint density at radius 2 is 2.40 bits per heavy atom. The number of methoxy groups -OCH3 is 1. The number of benzene rings is 1. The summed E-state index contributed by atoms with van der Waals surface area (Å²) < 4.78 is 4.62. The minimum Gasteiger partial charge on any atom is -0.453 e. The number of carbonyl (C=O) groups is 1. The normalized spacial score (nSPS) is 17.9. The number of amides is 1.